The number of fused-ring (bicyclic) bond motifs is 2. The van der Waals surface area contributed by atoms with Crippen molar-refractivity contribution in [2.75, 3.05) is 0 Å². The summed E-state index contributed by atoms with van der Waals surface area (Å²) in [6.45, 7) is 0. The average molecular weight is 453 g/mol. The number of nitrogens with zero attached hydrogens (tertiary/aromatic N) is 2. The summed E-state index contributed by atoms with van der Waals surface area (Å²) in [5, 5.41) is 11.3. The Balaban J connectivity index is 0.000000165. The summed E-state index contributed by atoms with van der Waals surface area (Å²) in [5.74, 6) is 0.239. The number of aromatic hydroxyl groups is 1. The molecule has 0 fully saturated rings. The molecule has 0 saturated carbocycles. The summed E-state index contributed by atoms with van der Waals surface area (Å²) in [7, 11) is 0. The number of aromatic nitrogens is 2. The Labute approximate surface area is 185 Å². The molecule has 3 aromatic carbocycles. The minimum absolute atomic E-state index is 0. The molecule has 0 bridgehead atoms. The Morgan fingerprint density at radius 1 is 0.821 bits per heavy atom. The molecule has 0 aliphatic rings. The van der Waals surface area contributed by atoms with Crippen molar-refractivity contribution in [3.63, 3.8) is 0 Å². The first-order chi connectivity index (χ1) is 13.2. The Kier molecular flexibility index (Phi) is 6.68. The minimum Gasteiger partial charge on any atom is -0.779 e. The van der Waals surface area contributed by atoms with Crippen molar-refractivity contribution in [3.05, 3.63) is 85.1 Å². The quantitative estimate of drug-likeness (QED) is 0.257. The van der Waals surface area contributed by atoms with Crippen molar-refractivity contribution in [1.29, 1.82) is 0 Å². The monoisotopic (exact) mass is 451 g/mol. The molecule has 134 valence electrons. The van der Waals surface area contributed by atoms with E-state index in [1.165, 1.54) is 4.70 Å². The second kappa shape index (κ2) is 9.20. The van der Waals surface area contributed by atoms with E-state index in [-0.39, 0.29) is 25.2 Å². The molecule has 0 radical (unpaired) electrons. The molecule has 0 aliphatic heterocycles. The predicted molar refractivity (Wildman–Crippen MR) is 114 cm³/mol. The largest absolute Gasteiger partial charge is 0.779 e. The van der Waals surface area contributed by atoms with Crippen LogP contribution in [0.1, 0.15) is 0 Å². The van der Waals surface area contributed by atoms with E-state index in [0.29, 0.717) is 5.52 Å². The Hall–Kier alpha value is -2.40. The van der Waals surface area contributed by atoms with Gasteiger partial charge in [-0.25, -0.2) is 4.98 Å². The molecule has 0 aliphatic carbocycles. The maximum Gasteiger partial charge on any atom is 0.141 e. The third-order valence-electron chi connectivity index (χ3n) is 4.02. The van der Waals surface area contributed by atoms with Crippen LogP contribution in [0, 0.1) is 0 Å². The molecule has 0 spiro atoms. The van der Waals surface area contributed by atoms with E-state index in [1.807, 2.05) is 60.7 Å². The third kappa shape index (κ3) is 4.36. The predicted octanol–water partition coefficient (Wildman–Crippen LogP) is 5.81. The second-order valence-electron chi connectivity index (χ2n) is 5.84. The van der Waals surface area contributed by atoms with Gasteiger partial charge in [-0.1, -0.05) is 54.6 Å². The fourth-order valence-electron chi connectivity index (χ4n) is 2.72. The van der Waals surface area contributed by atoms with E-state index in [9.17, 15) is 5.11 Å². The van der Waals surface area contributed by atoms with Gasteiger partial charge in [0.15, 0.2) is 0 Å². The molecule has 2 heterocycles. The number of rotatable bonds is 1. The van der Waals surface area contributed by atoms with Crippen LogP contribution in [-0.2, 0) is 32.1 Å². The summed E-state index contributed by atoms with van der Waals surface area (Å²) in [4.78, 5) is 9.49. The number of para-hydroxylation sites is 2. The second-order valence-corrected chi connectivity index (χ2v) is 7.31. The zero-order valence-corrected chi connectivity index (χ0v) is 19.5. The van der Waals surface area contributed by atoms with Crippen molar-refractivity contribution in [3.8, 4) is 16.3 Å². The van der Waals surface area contributed by atoms with Crippen molar-refractivity contribution in [2.45, 2.75) is 4.90 Å². The van der Waals surface area contributed by atoms with E-state index < -0.39 is 0 Å². The van der Waals surface area contributed by atoms with Crippen molar-refractivity contribution in [1.82, 2.24) is 9.97 Å². The van der Waals surface area contributed by atoms with Crippen LogP contribution in [0.25, 0.3) is 31.7 Å². The van der Waals surface area contributed by atoms with E-state index in [2.05, 4.69) is 16.0 Å². The number of pyridine rings is 1. The van der Waals surface area contributed by atoms with Crippen LogP contribution in [0.4, 0.5) is 0 Å². The van der Waals surface area contributed by atoms with Crippen LogP contribution in [0.2, 0.25) is 0 Å². The molecule has 0 saturated heterocycles. The molecule has 5 rings (SSSR count). The Bertz CT molecular complexity index is 1190. The molecule has 2 aromatic heterocycles. The third-order valence-corrected chi connectivity index (χ3v) is 5.45. The fraction of sp³-hybridized carbons (Fsp3) is 0. The van der Waals surface area contributed by atoms with Gasteiger partial charge in [-0.2, -0.15) is 4.90 Å². The van der Waals surface area contributed by atoms with Crippen LogP contribution in [0.5, 0.6) is 5.75 Å². The molecular weight excluding hydrogens is 438 g/mol. The van der Waals surface area contributed by atoms with Crippen LogP contribution < -0.4 is 0 Å². The number of hydrogen-bond acceptors (Lipinski definition) is 5. The van der Waals surface area contributed by atoms with Gasteiger partial charge >= 0.3 is 0 Å². The summed E-state index contributed by atoms with van der Waals surface area (Å²) in [6, 6.07) is 25.2. The van der Waals surface area contributed by atoms with Gasteiger partial charge in [0.25, 0.3) is 0 Å². The van der Waals surface area contributed by atoms with Crippen molar-refractivity contribution < 1.29 is 24.6 Å². The molecule has 3 nitrogen and oxygen atoms in total. The number of hydrogen-bond donors (Lipinski definition) is 1. The van der Waals surface area contributed by atoms with Gasteiger partial charge in [0, 0.05) is 31.1 Å². The topological polar surface area (TPSA) is 46.0 Å². The van der Waals surface area contributed by atoms with E-state index in [0.717, 1.165) is 26.4 Å². The molecular formula is C22H15N2OS2Zn-. The maximum absolute atomic E-state index is 9.31. The fourth-order valence-corrected chi connectivity index (χ4v) is 4.03. The standard InChI is InChI=1S/C13H9NS2.C9H7NO.Zn/c15-11-7-3-1-5-9(11)13-14-10-6-2-4-8-12(10)16-13;11-8-5-1-3-7-4-2-6-10-9(7)8;/h1-8,15H;1-6,11H;/p-1. The first-order valence-electron chi connectivity index (χ1n) is 8.37. The van der Waals surface area contributed by atoms with Crippen molar-refractivity contribution >= 4 is 45.1 Å². The summed E-state index contributed by atoms with van der Waals surface area (Å²) in [5.41, 5.74) is 2.76. The van der Waals surface area contributed by atoms with E-state index in [1.54, 1.807) is 29.7 Å². The average Bonchev–Trinajstić information content (AvgIpc) is 3.13. The van der Waals surface area contributed by atoms with Gasteiger partial charge in [-0.05, 0) is 29.8 Å². The van der Waals surface area contributed by atoms with Crippen LogP contribution in [-0.4, -0.2) is 15.1 Å². The van der Waals surface area contributed by atoms with Gasteiger partial charge in [0.2, 0.25) is 0 Å². The zero-order valence-electron chi connectivity index (χ0n) is 14.9. The van der Waals surface area contributed by atoms with Crippen LogP contribution >= 0.6 is 11.3 Å². The maximum atomic E-state index is 9.31. The molecule has 0 amide bonds. The minimum atomic E-state index is 0. The molecule has 5 aromatic rings. The summed E-state index contributed by atoms with van der Waals surface area (Å²) >= 11 is 6.99. The van der Waals surface area contributed by atoms with E-state index in [4.69, 9.17) is 12.6 Å². The normalized spacial score (nSPS) is 10.1. The molecule has 0 atom stereocenters. The van der Waals surface area contributed by atoms with Crippen molar-refractivity contribution in [2.24, 2.45) is 0 Å². The van der Waals surface area contributed by atoms with Crippen LogP contribution in [0.15, 0.2) is 90.0 Å². The SMILES string of the molecule is Oc1cccc2cccnc12.[S-]c1ccccc1-c1nc2ccccc2s1.[Zn]. The Morgan fingerprint density at radius 2 is 1.57 bits per heavy atom. The van der Waals surface area contributed by atoms with Gasteiger partial charge < -0.3 is 17.7 Å². The number of thiazole rings is 1. The molecule has 1 N–H and O–H groups in total. The zero-order chi connectivity index (χ0) is 18.6. The number of phenolic OH excluding ortho intramolecular Hbond substituents is 1. The summed E-state index contributed by atoms with van der Waals surface area (Å²) < 4.78 is 1.20. The first-order valence-corrected chi connectivity index (χ1v) is 9.59. The van der Waals surface area contributed by atoms with Gasteiger partial charge in [-0.15, -0.1) is 11.3 Å². The van der Waals surface area contributed by atoms with Crippen LogP contribution in [0.3, 0.4) is 0 Å². The van der Waals surface area contributed by atoms with E-state index >= 15 is 0 Å². The number of phenols is 1. The molecule has 0 unspecified atom stereocenters. The van der Waals surface area contributed by atoms with Gasteiger partial charge in [0.1, 0.15) is 16.3 Å². The van der Waals surface area contributed by atoms with Gasteiger partial charge in [0.05, 0.1) is 10.2 Å². The first kappa shape index (κ1) is 20.3. The smallest absolute Gasteiger partial charge is 0.141 e. The molecule has 28 heavy (non-hydrogen) atoms. The Morgan fingerprint density at radius 3 is 2.36 bits per heavy atom. The summed E-state index contributed by atoms with van der Waals surface area (Å²) in [6.07, 6.45) is 1.67. The van der Waals surface area contributed by atoms with Gasteiger partial charge in [-0.3, -0.25) is 4.98 Å². The number of benzene rings is 3. The molecule has 6 heteroatoms.